The highest BCUT2D eigenvalue weighted by atomic mass is 16.3. The van der Waals surface area contributed by atoms with Crippen molar-refractivity contribution in [2.24, 2.45) is 34.5 Å². The number of phenols is 1. The molecule has 0 bridgehead atoms. The number of aromatic nitrogens is 2. The molecule has 0 amide bonds. The Labute approximate surface area is 178 Å². The lowest BCUT2D eigenvalue weighted by Crippen LogP contribution is -2.42. The minimum atomic E-state index is 0.173. The molecule has 4 atom stereocenters. The minimum absolute atomic E-state index is 0.173. The van der Waals surface area contributed by atoms with E-state index in [9.17, 15) is 5.11 Å². The Morgan fingerprint density at radius 3 is 2.80 bits per heavy atom. The minimum Gasteiger partial charge on any atom is -0.508 e. The lowest BCUT2D eigenvalue weighted by Gasteiger charge is -2.49. The van der Waals surface area contributed by atoms with E-state index in [-0.39, 0.29) is 5.41 Å². The number of nitrogens with zero attached hydrogens (tertiary/aromatic N) is 4. The molecular formula is C25H32N4O. The van der Waals surface area contributed by atoms with Crippen LogP contribution in [0.1, 0.15) is 73.0 Å². The number of phenolic OH excluding ortho intramolecular Hbond substituents is 1. The van der Waals surface area contributed by atoms with Crippen LogP contribution in [0, 0.1) is 31.1 Å². The molecule has 5 heteroatoms. The summed E-state index contributed by atoms with van der Waals surface area (Å²) in [5.41, 5.74) is 7.51. The quantitative estimate of drug-likeness (QED) is 0.561. The predicted molar refractivity (Wildman–Crippen MR) is 120 cm³/mol. The normalized spacial score (nSPS) is 31.7. The molecule has 0 radical (unpaired) electrons. The highest BCUT2D eigenvalue weighted by molar-refractivity contribution is 5.93. The average molecular weight is 405 g/mol. The SMILES string of the molecule is Cc1nn(C)c(C)c1/C=N/N=C1\CC[C@H]2[C@@H]3CCc4cc(O)ccc4[C@H]3CC[C@]12C. The third-order valence-electron chi connectivity index (χ3n) is 8.38. The van der Waals surface area contributed by atoms with Gasteiger partial charge >= 0.3 is 0 Å². The summed E-state index contributed by atoms with van der Waals surface area (Å²) < 4.78 is 1.90. The van der Waals surface area contributed by atoms with E-state index in [0.717, 1.165) is 35.7 Å². The predicted octanol–water partition coefficient (Wildman–Crippen LogP) is 5.07. The standard InChI is InChI=1S/C25H32N4O/c1-15-22(16(2)29(4)28-15)14-26-27-24-10-9-23-21-7-5-17-13-18(30)6-8-19(17)20(21)11-12-25(23,24)3/h6,8,13-14,20-21,23,30H,5,7,9-12H2,1-4H3/b26-14+,27-24+/t20-,21-,23+,25+/m1/s1. The van der Waals surface area contributed by atoms with Crippen LogP contribution in [0.3, 0.4) is 0 Å². The van der Waals surface area contributed by atoms with Crippen LogP contribution < -0.4 is 0 Å². The van der Waals surface area contributed by atoms with Gasteiger partial charge in [-0.2, -0.15) is 15.3 Å². The molecule has 158 valence electrons. The number of hydrogen-bond acceptors (Lipinski definition) is 4. The molecule has 1 aromatic heterocycles. The van der Waals surface area contributed by atoms with E-state index in [4.69, 9.17) is 5.10 Å². The van der Waals surface area contributed by atoms with Crippen molar-refractivity contribution in [1.29, 1.82) is 0 Å². The number of hydrogen-bond donors (Lipinski definition) is 1. The van der Waals surface area contributed by atoms with Crippen molar-refractivity contribution < 1.29 is 5.11 Å². The molecule has 0 spiro atoms. The molecule has 0 aliphatic heterocycles. The lowest BCUT2D eigenvalue weighted by atomic mass is 9.55. The van der Waals surface area contributed by atoms with Gasteiger partial charge in [0.05, 0.1) is 11.9 Å². The molecule has 2 aromatic rings. The maximum absolute atomic E-state index is 9.88. The van der Waals surface area contributed by atoms with Crippen LogP contribution in [0.5, 0.6) is 5.75 Å². The molecule has 30 heavy (non-hydrogen) atoms. The fourth-order valence-corrected chi connectivity index (χ4v) is 6.65. The van der Waals surface area contributed by atoms with Gasteiger partial charge in [-0.25, -0.2) is 0 Å². The Kier molecular flexibility index (Phi) is 4.60. The first-order valence-electron chi connectivity index (χ1n) is 11.3. The molecule has 2 fully saturated rings. The van der Waals surface area contributed by atoms with Crippen molar-refractivity contribution in [2.75, 3.05) is 0 Å². The monoisotopic (exact) mass is 404 g/mol. The molecule has 0 saturated heterocycles. The van der Waals surface area contributed by atoms with Crippen LogP contribution in [0.25, 0.3) is 0 Å². The van der Waals surface area contributed by atoms with Gasteiger partial charge in [0.1, 0.15) is 5.75 Å². The maximum atomic E-state index is 9.88. The van der Waals surface area contributed by atoms with E-state index in [1.54, 1.807) is 0 Å². The molecular weight excluding hydrogens is 372 g/mol. The van der Waals surface area contributed by atoms with Gasteiger partial charge < -0.3 is 5.11 Å². The van der Waals surface area contributed by atoms with Crippen LogP contribution in [0.2, 0.25) is 0 Å². The zero-order valence-corrected chi connectivity index (χ0v) is 18.5. The summed E-state index contributed by atoms with van der Waals surface area (Å²) >= 11 is 0. The van der Waals surface area contributed by atoms with E-state index in [0.29, 0.717) is 17.6 Å². The first kappa shape index (κ1) is 19.5. The van der Waals surface area contributed by atoms with Gasteiger partial charge in [-0.3, -0.25) is 4.68 Å². The second-order valence-electron chi connectivity index (χ2n) is 9.79. The van der Waals surface area contributed by atoms with Gasteiger partial charge in [0, 0.05) is 29.4 Å². The second-order valence-corrected chi connectivity index (χ2v) is 9.79. The van der Waals surface area contributed by atoms with Crippen LogP contribution >= 0.6 is 0 Å². The highest BCUT2D eigenvalue weighted by Gasteiger charge is 2.53. The summed E-state index contributed by atoms with van der Waals surface area (Å²) in [5, 5.41) is 23.6. The van der Waals surface area contributed by atoms with Crippen LogP contribution in [-0.2, 0) is 13.5 Å². The topological polar surface area (TPSA) is 62.8 Å². The van der Waals surface area contributed by atoms with Gasteiger partial charge in [-0.05, 0) is 93.4 Å². The summed E-state index contributed by atoms with van der Waals surface area (Å²) in [6, 6.07) is 6.03. The largest absolute Gasteiger partial charge is 0.508 e. The summed E-state index contributed by atoms with van der Waals surface area (Å²) in [5.74, 6) is 2.45. The fraction of sp³-hybridized carbons (Fsp3) is 0.560. The van der Waals surface area contributed by atoms with E-state index in [2.05, 4.69) is 30.1 Å². The van der Waals surface area contributed by atoms with E-state index >= 15 is 0 Å². The summed E-state index contributed by atoms with van der Waals surface area (Å²) in [4.78, 5) is 0. The van der Waals surface area contributed by atoms with E-state index in [1.165, 1.54) is 42.5 Å². The van der Waals surface area contributed by atoms with Crippen LogP contribution in [-0.4, -0.2) is 26.8 Å². The zero-order valence-electron chi connectivity index (χ0n) is 18.5. The van der Waals surface area contributed by atoms with E-state index in [1.807, 2.05) is 37.0 Å². The zero-order chi connectivity index (χ0) is 21.0. The molecule has 5 rings (SSSR count). The number of fused-ring (bicyclic) bond motifs is 5. The van der Waals surface area contributed by atoms with Gasteiger partial charge in [0.2, 0.25) is 0 Å². The second kappa shape index (κ2) is 7.07. The van der Waals surface area contributed by atoms with Crippen molar-refractivity contribution in [3.63, 3.8) is 0 Å². The molecule has 1 aromatic carbocycles. The number of aromatic hydroxyl groups is 1. The number of rotatable bonds is 2. The Hall–Kier alpha value is -2.43. The van der Waals surface area contributed by atoms with Gasteiger partial charge in [-0.1, -0.05) is 13.0 Å². The smallest absolute Gasteiger partial charge is 0.115 e. The third-order valence-corrected chi connectivity index (χ3v) is 8.38. The van der Waals surface area contributed by atoms with Gasteiger partial charge in [0.25, 0.3) is 0 Å². The lowest BCUT2D eigenvalue weighted by molar-refractivity contribution is 0.0955. The molecule has 3 aliphatic carbocycles. The average Bonchev–Trinajstić information content (AvgIpc) is 3.18. The van der Waals surface area contributed by atoms with Gasteiger partial charge in [-0.15, -0.1) is 0 Å². The Morgan fingerprint density at radius 1 is 1.20 bits per heavy atom. The molecule has 5 nitrogen and oxygen atoms in total. The van der Waals surface area contributed by atoms with Crippen molar-refractivity contribution >= 4 is 11.9 Å². The van der Waals surface area contributed by atoms with Crippen molar-refractivity contribution in [3.05, 3.63) is 46.3 Å². The van der Waals surface area contributed by atoms with E-state index < -0.39 is 0 Å². The molecule has 2 saturated carbocycles. The van der Waals surface area contributed by atoms with Gasteiger partial charge in [0.15, 0.2) is 0 Å². The number of aryl methyl sites for hydroxylation is 3. The summed E-state index contributed by atoms with van der Waals surface area (Å²) in [6.07, 6.45) is 8.88. The third kappa shape index (κ3) is 2.93. The summed E-state index contributed by atoms with van der Waals surface area (Å²) in [6.45, 7) is 6.53. The van der Waals surface area contributed by atoms with Crippen LogP contribution in [0.4, 0.5) is 0 Å². The first-order valence-corrected chi connectivity index (χ1v) is 11.3. The first-order chi connectivity index (χ1) is 14.4. The van der Waals surface area contributed by atoms with Crippen molar-refractivity contribution in [1.82, 2.24) is 9.78 Å². The molecule has 3 aliphatic rings. The Morgan fingerprint density at radius 2 is 2.03 bits per heavy atom. The fourth-order valence-electron chi connectivity index (χ4n) is 6.65. The summed E-state index contributed by atoms with van der Waals surface area (Å²) in [7, 11) is 1.97. The maximum Gasteiger partial charge on any atom is 0.115 e. The highest BCUT2D eigenvalue weighted by Crippen LogP contribution is 2.60. The Bertz CT molecular complexity index is 1050. The van der Waals surface area contributed by atoms with Crippen molar-refractivity contribution in [2.45, 2.75) is 65.2 Å². The number of benzene rings is 1. The Balaban J connectivity index is 1.39. The van der Waals surface area contributed by atoms with Crippen LogP contribution in [0.15, 0.2) is 28.4 Å². The molecule has 1 N–H and O–H groups in total. The molecule has 1 heterocycles. The molecule has 0 unspecified atom stereocenters. The van der Waals surface area contributed by atoms with Crippen molar-refractivity contribution in [3.8, 4) is 5.75 Å².